The number of aromatic nitrogens is 1. The highest BCUT2D eigenvalue weighted by molar-refractivity contribution is 5.99. The number of allylic oxidation sites excluding steroid dienone is 1. The number of amides is 4. The molecule has 0 bridgehead atoms. The molecule has 1 aromatic heterocycles. The lowest BCUT2D eigenvalue weighted by Crippen LogP contribution is -2.49. The number of alkyl halides is 1. The van der Waals surface area contributed by atoms with E-state index in [1.165, 1.54) is 29.2 Å². The predicted molar refractivity (Wildman–Crippen MR) is 186 cm³/mol. The molecule has 2 aromatic carbocycles. The second-order valence-electron chi connectivity index (χ2n) is 13.9. The number of pyridine rings is 1. The van der Waals surface area contributed by atoms with Crippen LogP contribution in [0.4, 0.5) is 14.5 Å². The smallest absolute Gasteiger partial charge is 0.270 e. The minimum absolute atomic E-state index is 0.0428. The van der Waals surface area contributed by atoms with Crippen molar-refractivity contribution >= 4 is 46.3 Å². The summed E-state index contributed by atoms with van der Waals surface area (Å²) in [6.07, 6.45) is 8.55. The van der Waals surface area contributed by atoms with E-state index in [4.69, 9.17) is 0 Å². The number of fused-ring (bicyclic) bond motifs is 2. The fourth-order valence-corrected chi connectivity index (χ4v) is 7.30. The number of hydrogen-bond acceptors (Lipinski definition) is 6. The fourth-order valence-electron chi connectivity index (χ4n) is 7.30. The van der Waals surface area contributed by atoms with Gasteiger partial charge in [-0.15, -0.1) is 0 Å². The number of anilines is 1. The van der Waals surface area contributed by atoms with Crippen LogP contribution in [0.1, 0.15) is 78.7 Å². The Bertz CT molecular complexity index is 1860. The van der Waals surface area contributed by atoms with E-state index in [-0.39, 0.29) is 30.6 Å². The molecule has 10 nitrogen and oxygen atoms in total. The van der Waals surface area contributed by atoms with Gasteiger partial charge in [0, 0.05) is 24.0 Å². The van der Waals surface area contributed by atoms with Gasteiger partial charge in [0.25, 0.3) is 5.91 Å². The summed E-state index contributed by atoms with van der Waals surface area (Å²) in [4.78, 5) is 60.7. The number of nitrogens with one attached hydrogen (secondary N) is 3. The maximum Gasteiger partial charge on any atom is 0.270 e. The van der Waals surface area contributed by atoms with Crippen LogP contribution in [-0.4, -0.2) is 77.9 Å². The van der Waals surface area contributed by atoms with Gasteiger partial charge in [-0.25, -0.2) is 13.8 Å². The summed E-state index contributed by atoms with van der Waals surface area (Å²) >= 11 is 0. The molecule has 12 heteroatoms. The van der Waals surface area contributed by atoms with E-state index < -0.39 is 48.3 Å². The molecule has 7 rings (SSSR count). The van der Waals surface area contributed by atoms with Crippen molar-refractivity contribution in [3.05, 3.63) is 76.7 Å². The molecule has 0 spiro atoms. The molecule has 2 unspecified atom stereocenters. The number of halogens is 2. The molecule has 3 aliphatic heterocycles. The van der Waals surface area contributed by atoms with Gasteiger partial charge in [0.2, 0.25) is 17.7 Å². The number of rotatable bonds is 9. The second-order valence-corrected chi connectivity index (χ2v) is 13.9. The van der Waals surface area contributed by atoms with Gasteiger partial charge in [0.15, 0.2) is 0 Å². The topological polar surface area (TPSA) is 124 Å². The van der Waals surface area contributed by atoms with Gasteiger partial charge in [-0.2, -0.15) is 0 Å². The van der Waals surface area contributed by atoms with Crippen LogP contribution >= 0.6 is 0 Å². The first-order valence-corrected chi connectivity index (χ1v) is 17.6. The Labute approximate surface area is 289 Å². The van der Waals surface area contributed by atoms with Crippen molar-refractivity contribution in [1.29, 1.82) is 0 Å². The standard InChI is InChI=1S/C38H42F2N6O4/c1-22(29-19-33-26(16-24(29)9-8-23-6-7-23)4-3-15-45(33)38(50)32-5-2-14-41-32)43-37(49)34-18-28(40)21-46(34)35(47)20-42-36(48)31-12-10-25-17-27(39)11-13-30(25)44-31/h8-13,16-17,19,22-23,28,32,34,41H,2-7,14-15,18,20-21H2,1H3,(H,42,48)(H,43,49)/b9-8+/t22-,28+,32?,34?/m0/s1. The number of carbonyl (C=O) groups excluding carboxylic acids is 4. The van der Waals surface area contributed by atoms with E-state index in [1.54, 1.807) is 6.07 Å². The molecular formula is C38H42F2N6O4. The van der Waals surface area contributed by atoms with Crippen molar-refractivity contribution in [3.63, 3.8) is 0 Å². The van der Waals surface area contributed by atoms with Crippen molar-refractivity contribution in [2.75, 3.05) is 31.1 Å². The molecule has 3 fully saturated rings. The molecule has 4 heterocycles. The van der Waals surface area contributed by atoms with E-state index in [9.17, 15) is 28.0 Å². The molecule has 4 aliphatic rings. The highest BCUT2D eigenvalue weighted by Crippen LogP contribution is 2.36. The largest absolute Gasteiger partial charge is 0.348 e. The summed E-state index contributed by atoms with van der Waals surface area (Å²) in [5, 5.41) is 9.40. The van der Waals surface area contributed by atoms with E-state index in [2.05, 4.69) is 39.2 Å². The molecular weight excluding hydrogens is 642 g/mol. The summed E-state index contributed by atoms with van der Waals surface area (Å²) in [5.41, 5.74) is 4.24. The molecule has 0 radical (unpaired) electrons. The quantitative estimate of drug-likeness (QED) is 0.308. The van der Waals surface area contributed by atoms with Crippen LogP contribution < -0.4 is 20.9 Å². The lowest BCUT2D eigenvalue weighted by atomic mass is 9.91. The van der Waals surface area contributed by atoms with E-state index in [1.807, 2.05) is 17.9 Å². The summed E-state index contributed by atoms with van der Waals surface area (Å²) in [6, 6.07) is 9.40. The van der Waals surface area contributed by atoms with Crippen LogP contribution in [-0.2, 0) is 20.8 Å². The third kappa shape index (κ3) is 7.26. The number of nitrogens with zero attached hydrogens (tertiary/aromatic N) is 3. The van der Waals surface area contributed by atoms with Crippen LogP contribution in [0.3, 0.4) is 0 Å². The Kier molecular flexibility index (Phi) is 9.63. The van der Waals surface area contributed by atoms with Crippen molar-refractivity contribution in [2.24, 2.45) is 5.92 Å². The average Bonchev–Trinajstić information content (AvgIpc) is 3.60. The van der Waals surface area contributed by atoms with Gasteiger partial charge in [0.05, 0.1) is 30.7 Å². The van der Waals surface area contributed by atoms with Gasteiger partial charge in [0.1, 0.15) is 23.7 Å². The minimum atomic E-state index is -1.40. The normalized spacial score (nSPS) is 22.5. The van der Waals surface area contributed by atoms with Gasteiger partial charge in [-0.1, -0.05) is 18.2 Å². The summed E-state index contributed by atoms with van der Waals surface area (Å²) < 4.78 is 28.3. The highest BCUT2D eigenvalue weighted by atomic mass is 19.1. The van der Waals surface area contributed by atoms with Gasteiger partial charge < -0.3 is 25.8 Å². The molecule has 50 heavy (non-hydrogen) atoms. The van der Waals surface area contributed by atoms with Gasteiger partial charge >= 0.3 is 0 Å². The summed E-state index contributed by atoms with van der Waals surface area (Å²) in [6.45, 7) is 2.61. The lowest BCUT2D eigenvalue weighted by Gasteiger charge is -2.33. The molecule has 1 aliphatic carbocycles. The van der Waals surface area contributed by atoms with E-state index in [0.29, 0.717) is 23.4 Å². The van der Waals surface area contributed by atoms with Crippen LogP contribution in [0, 0.1) is 11.7 Å². The lowest BCUT2D eigenvalue weighted by molar-refractivity contribution is -0.138. The van der Waals surface area contributed by atoms with Crippen LogP contribution in [0.25, 0.3) is 17.0 Å². The molecule has 4 amide bonds. The predicted octanol–water partition coefficient (Wildman–Crippen LogP) is 4.37. The Balaban J connectivity index is 1.05. The van der Waals surface area contributed by atoms with Crippen LogP contribution in [0.5, 0.6) is 0 Å². The Morgan fingerprint density at radius 2 is 1.92 bits per heavy atom. The zero-order valence-corrected chi connectivity index (χ0v) is 28.1. The summed E-state index contributed by atoms with van der Waals surface area (Å²) in [5.74, 6) is -1.51. The Morgan fingerprint density at radius 1 is 1.08 bits per heavy atom. The first-order valence-electron chi connectivity index (χ1n) is 17.6. The number of likely N-dealkylation sites (tertiary alicyclic amines) is 1. The molecule has 262 valence electrons. The highest BCUT2D eigenvalue weighted by Gasteiger charge is 2.40. The Hall–Kier alpha value is -4.71. The summed E-state index contributed by atoms with van der Waals surface area (Å²) in [7, 11) is 0. The van der Waals surface area contributed by atoms with E-state index >= 15 is 0 Å². The first-order chi connectivity index (χ1) is 24.1. The van der Waals surface area contributed by atoms with Gasteiger partial charge in [-0.3, -0.25) is 19.2 Å². The fraction of sp³-hybridized carbons (Fsp3) is 0.447. The second kappa shape index (κ2) is 14.3. The average molecular weight is 685 g/mol. The first kappa shape index (κ1) is 33.8. The molecule has 2 saturated heterocycles. The van der Waals surface area contributed by atoms with Crippen molar-refractivity contribution < 1.29 is 28.0 Å². The SMILES string of the molecule is C[C@H](NC(=O)C1C[C@@H](F)CN1C(=O)CNC(=O)c1ccc2cc(F)ccc2n1)c1cc2c(cc1/C=C/C1CC1)CCCN2C(=O)C1CCCN1. The number of carbonyl (C=O) groups is 4. The van der Waals surface area contributed by atoms with Gasteiger partial charge in [-0.05, 0) is 111 Å². The zero-order valence-electron chi connectivity index (χ0n) is 28.1. The maximum absolute atomic E-state index is 14.8. The third-order valence-electron chi connectivity index (χ3n) is 10.2. The van der Waals surface area contributed by atoms with Crippen molar-refractivity contribution in [2.45, 2.75) is 76.2 Å². The van der Waals surface area contributed by atoms with Crippen molar-refractivity contribution in [3.8, 4) is 0 Å². The van der Waals surface area contributed by atoms with Crippen LogP contribution in [0.2, 0.25) is 0 Å². The Morgan fingerprint density at radius 3 is 2.70 bits per heavy atom. The molecule has 4 atom stereocenters. The van der Waals surface area contributed by atoms with E-state index in [0.717, 1.165) is 67.4 Å². The third-order valence-corrected chi connectivity index (χ3v) is 10.2. The molecule has 1 saturated carbocycles. The number of benzene rings is 2. The monoisotopic (exact) mass is 684 g/mol. The molecule has 3 N–H and O–H groups in total. The van der Waals surface area contributed by atoms with Crippen LogP contribution in [0.15, 0.2) is 48.5 Å². The maximum atomic E-state index is 14.8. The van der Waals surface area contributed by atoms with Crippen molar-refractivity contribution in [1.82, 2.24) is 25.8 Å². The number of hydrogen-bond donors (Lipinski definition) is 3. The minimum Gasteiger partial charge on any atom is -0.348 e. The number of aryl methyl sites for hydroxylation is 1. The molecule has 3 aromatic rings. The zero-order chi connectivity index (χ0) is 34.9.